The van der Waals surface area contributed by atoms with E-state index in [4.69, 9.17) is 23.2 Å². The summed E-state index contributed by atoms with van der Waals surface area (Å²) >= 11 is 11.8. The number of rotatable bonds is 3. The summed E-state index contributed by atoms with van der Waals surface area (Å²) in [5.74, 6) is 0.492. The van der Waals surface area contributed by atoms with Crippen molar-refractivity contribution in [3.05, 3.63) is 32.3 Å². The van der Waals surface area contributed by atoms with Gasteiger partial charge in [0.15, 0.2) is 0 Å². The van der Waals surface area contributed by atoms with E-state index < -0.39 is 4.92 Å². The van der Waals surface area contributed by atoms with Gasteiger partial charge in [-0.3, -0.25) is 10.1 Å². The van der Waals surface area contributed by atoms with Crippen LogP contribution in [0.5, 0.6) is 0 Å². The number of benzene rings is 1. The molecule has 1 N–H and O–H groups in total. The Hall–Kier alpha value is -1.00. The van der Waals surface area contributed by atoms with Crippen LogP contribution in [-0.4, -0.2) is 11.0 Å². The van der Waals surface area contributed by atoms with Crippen LogP contribution >= 0.6 is 23.2 Å². The van der Waals surface area contributed by atoms with E-state index in [0.29, 0.717) is 16.6 Å². The Morgan fingerprint density at radius 2 is 1.85 bits per heavy atom. The van der Waals surface area contributed by atoms with Crippen molar-refractivity contribution in [1.82, 2.24) is 0 Å². The topological polar surface area (TPSA) is 55.2 Å². The quantitative estimate of drug-likeness (QED) is 0.468. The second kappa shape index (κ2) is 6.64. The molecule has 0 heterocycles. The Labute approximate surface area is 128 Å². The van der Waals surface area contributed by atoms with Crippen molar-refractivity contribution >= 4 is 34.6 Å². The van der Waals surface area contributed by atoms with Gasteiger partial charge in [-0.05, 0) is 24.8 Å². The molecule has 0 spiro atoms. The zero-order chi connectivity index (χ0) is 14.7. The zero-order valence-electron chi connectivity index (χ0n) is 11.4. The number of halogens is 2. The van der Waals surface area contributed by atoms with Gasteiger partial charge in [0.25, 0.3) is 5.69 Å². The lowest BCUT2D eigenvalue weighted by atomic mass is 9.96. The summed E-state index contributed by atoms with van der Waals surface area (Å²) in [5, 5.41) is 15.0. The molecule has 2 rings (SSSR count). The number of hydrogen-bond donors (Lipinski definition) is 1. The Morgan fingerprint density at radius 3 is 2.55 bits per heavy atom. The molecule has 0 aromatic heterocycles. The second-order valence-corrected chi connectivity index (χ2v) is 6.22. The third kappa shape index (κ3) is 3.55. The van der Waals surface area contributed by atoms with Crippen molar-refractivity contribution in [2.75, 3.05) is 5.32 Å². The molecule has 1 aromatic carbocycles. The molecule has 0 amide bonds. The minimum Gasteiger partial charge on any atom is -0.376 e. The van der Waals surface area contributed by atoms with Gasteiger partial charge in [-0.15, -0.1) is 0 Å². The van der Waals surface area contributed by atoms with Crippen LogP contribution in [0.15, 0.2) is 12.1 Å². The standard InChI is InChI=1S/C14H18Cl2N2O2/c1-9-5-3-2-4-6-12(9)17-13-7-10(15)11(16)8-14(13)18(19)20/h7-9,12,17H,2-6H2,1H3. The molecule has 0 saturated heterocycles. The summed E-state index contributed by atoms with van der Waals surface area (Å²) in [5.41, 5.74) is 0.444. The predicted octanol–water partition coefficient (Wildman–Crippen LogP) is 5.28. The van der Waals surface area contributed by atoms with E-state index in [9.17, 15) is 10.1 Å². The number of nitro benzene ring substituents is 1. The maximum Gasteiger partial charge on any atom is 0.293 e. The van der Waals surface area contributed by atoms with Crippen LogP contribution in [-0.2, 0) is 0 Å². The highest BCUT2D eigenvalue weighted by Crippen LogP contribution is 2.36. The number of nitrogens with one attached hydrogen (secondary N) is 1. The van der Waals surface area contributed by atoms with Crippen LogP contribution in [0, 0.1) is 16.0 Å². The second-order valence-electron chi connectivity index (χ2n) is 5.41. The minimum atomic E-state index is -0.425. The Balaban J connectivity index is 2.27. The smallest absolute Gasteiger partial charge is 0.293 e. The third-order valence-electron chi connectivity index (χ3n) is 3.94. The van der Waals surface area contributed by atoms with Gasteiger partial charge in [0.2, 0.25) is 0 Å². The molecule has 6 heteroatoms. The van der Waals surface area contributed by atoms with E-state index in [1.165, 1.54) is 18.9 Å². The molecule has 0 bridgehead atoms. The Kier molecular flexibility index (Phi) is 5.11. The van der Waals surface area contributed by atoms with Crippen molar-refractivity contribution in [3.8, 4) is 0 Å². The number of nitro groups is 1. The molecule has 110 valence electrons. The summed E-state index contributed by atoms with van der Waals surface area (Å²) in [6.45, 7) is 2.19. The molecular weight excluding hydrogens is 299 g/mol. The van der Waals surface area contributed by atoms with Crippen LogP contribution in [0.1, 0.15) is 39.0 Å². The first-order chi connectivity index (χ1) is 9.49. The highest BCUT2D eigenvalue weighted by atomic mass is 35.5. The van der Waals surface area contributed by atoms with Gasteiger partial charge in [-0.25, -0.2) is 0 Å². The molecule has 0 aliphatic heterocycles. The van der Waals surface area contributed by atoms with E-state index in [1.54, 1.807) is 6.07 Å². The summed E-state index contributed by atoms with van der Waals surface area (Å²) in [4.78, 5) is 10.7. The van der Waals surface area contributed by atoms with Gasteiger partial charge in [-0.1, -0.05) is 49.4 Å². The molecule has 4 nitrogen and oxygen atoms in total. The van der Waals surface area contributed by atoms with Crippen molar-refractivity contribution in [2.45, 2.75) is 45.1 Å². The molecule has 2 unspecified atom stereocenters. The lowest BCUT2D eigenvalue weighted by Gasteiger charge is -2.24. The van der Waals surface area contributed by atoms with Gasteiger partial charge < -0.3 is 5.32 Å². The average molecular weight is 317 g/mol. The average Bonchev–Trinajstić information content (AvgIpc) is 2.59. The van der Waals surface area contributed by atoms with E-state index in [1.807, 2.05) is 0 Å². The molecule has 0 radical (unpaired) electrons. The summed E-state index contributed by atoms with van der Waals surface area (Å²) in [6.07, 6.45) is 5.78. The summed E-state index contributed by atoms with van der Waals surface area (Å²) < 4.78 is 0. The van der Waals surface area contributed by atoms with Crippen molar-refractivity contribution in [2.24, 2.45) is 5.92 Å². The third-order valence-corrected chi connectivity index (χ3v) is 4.66. The molecule has 1 fully saturated rings. The maximum atomic E-state index is 11.1. The predicted molar refractivity (Wildman–Crippen MR) is 82.8 cm³/mol. The largest absolute Gasteiger partial charge is 0.376 e. The molecule has 1 aromatic rings. The first kappa shape index (κ1) is 15.4. The highest BCUT2D eigenvalue weighted by molar-refractivity contribution is 6.42. The summed E-state index contributed by atoms with van der Waals surface area (Å²) in [6, 6.07) is 3.11. The van der Waals surface area contributed by atoms with Gasteiger partial charge in [-0.2, -0.15) is 0 Å². The van der Waals surface area contributed by atoms with Crippen molar-refractivity contribution in [1.29, 1.82) is 0 Å². The van der Waals surface area contributed by atoms with Gasteiger partial charge in [0, 0.05) is 12.1 Å². The zero-order valence-corrected chi connectivity index (χ0v) is 12.9. The fourth-order valence-corrected chi connectivity index (χ4v) is 3.03. The number of hydrogen-bond acceptors (Lipinski definition) is 3. The van der Waals surface area contributed by atoms with Crippen LogP contribution < -0.4 is 5.32 Å². The van der Waals surface area contributed by atoms with Crippen molar-refractivity contribution < 1.29 is 4.92 Å². The number of nitrogens with zero attached hydrogens (tertiary/aromatic N) is 1. The molecule has 1 aliphatic rings. The summed E-state index contributed by atoms with van der Waals surface area (Å²) in [7, 11) is 0. The Bertz CT molecular complexity index is 508. The van der Waals surface area contributed by atoms with E-state index in [0.717, 1.165) is 19.3 Å². The lowest BCUT2D eigenvalue weighted by molar-refractivity contribution is -0.384. The normalized spacial score (nSPS) is 23.1. The van der Waals surface area contributed by atoms with Crippen LogP contribution in [0.2, 0.25) is 10.0 Å². The van der Waals surface area contributed by atoms with Gasteiger partial charge >= 0.3 is 0 Å². The highest BCUT2D eigenvalue weighted by Gasteiger charge is 2.24. The first-order valence-electron chi connectivity index (χ1n) is 6.89. The fourth-order valence-electron chi connectivity index (χ4n) is 2.71. The fraction of sp³-hybridized carbons (Fsp3) is 0.571. The Morgan fingerprint density at radius 1 is 1.20 bits per heavy atom. The molecule has 2 atom stereocenters. The van der Waals surface area contributed by atoms with Gasteiger partial charge in [0.05, 0.1) is 15.0 Å². The SMILES string of the molecule is CC1CCCCCC1Nc1cc(Cl)c(Cl)cc1[N+](=O)[O-]. The van der Waals surface area contributed by atoms with E-state index in [2.05, 4.69) is 12.2 Å². The van der Waals surface area contributed by atoms with Gasteiger partial charge in [0.1, 0.15) is 5.69 Å². The van der Waals surface area contributed by atoms with Crippen LogP contribution in [0.4, 0.5) is 11.4 Å². The maximum absolute atomic E-state index is 11.1. The number of anilines is 1. The van der Waals surface area contributed by atoms with Crippen LogP contribution in [0.3, 0.4) is 0 Å². The van der Waals surface area contributed by atoms with E-state index in [-0.39, 0.29) is 16.8 Å². The van der Waals surface area contributed by atoms with Crippen molar-refractivity contribution in [3.63, 3.8) is 0 Å². The monoisotopic (exact) mass is 316 g/mol. The minimum absolute atomic E-state index is 0.0177. The lowest BCUT2D eigenvalue weighted by Crippen LogP contribution is -2.26. The molecule has 20 heavy (non-hydrogen) atoms. The molecule has 1 aliphatic carbocycles. The van der Waals surface area contributed by atoms with Crippen LogP contribution in [0.25, 0.3) is 0 Å². The molecule has 1 saturated carbocycles. The first-order valence-corrected chi connectivity index (χ1v) is 7.64. The van der Waals surface area contributed by atoms with E-state index >= 15 is 0 Å². The molecular formula is C14H18Cl2N2O2.